The first-order valence-electron chi connectivity index (χ1n) is 12.8. The maximum Gasteiger partial charge on any atom is 0.273 e. The highest BCUT2D eigenvalue weighted by atomic mass is 32.1. The first-order chi connectivity index (χ1) is 18.6. The molecule has 38 heavy (non-hydrogen) atoms. The van der Waals surface area contributed by atoms with Crippen molar-refractivity contribution in [3.05, 3.63) is 81.6 Å². The Morgan fingerprint density at radius 1 is 1.11 bits per heavy atom. The largest absolute Gasteiger partial charge is 0.330 e. The molecule has 2 aliphatic rings. The van der Waals surface area contributed by atoms with Crippen molar-refractivity contribution >= 4 is 39.6 Å². The number of benzene rings is 1. The van der Waals surface area contributed by atoms with Gasteiger partial charge in [0.1, 0.15) is 10.7 Å². The van der Waals surface area contributed by atoms with Gasteiger partial charge in [-0.3, -0.25) is 19.9 Å². The second-order valence-electron chi connectivity index (χ2n) is 9.63. The number of aryl methyl sites for hydroxylation is 1. The summed E-state index contributed by atoms with van der Waals surface area (Å²) in [6, 6.07) is 11.8. The monoisotopic (exact) mass is 544 g/mol. The quantitative estimate of drug-likeness (QED) is 0.356. The second-order valence-corrected chi connectivity index (χ2v) is 11.6. The first kappa shape index (κ1) is 24.8. The van der Waals surface area contributed by atoms with Crippen LogP contribution >= 0.6 is 22.7 Å². The predicted molar refractivity (Wildman–Crippen MR) is 150 cm³/mol. The Labute approximate surface area is 229 Å². The molecule has 0 saturated carbocycles. The topological polar surface area (TPSA) is 100 Å². The number of likely N-dealkylation sites (N-methyl/N-ethyl adjacent to an activating group) is 1. The highest BCUT2D eigenvalue weighted by Crippen LogP contribution is 2.35. The standard InChI is InChI=1S/C28H28N6O2S2/c1-29-20-7-8-21-24(15-20)38-28(32-21)33-25(35)19-5-2-4-18(14-19)23-6-3-13-34(23)27(36)22-16-37-26(31-22)17-9-11-30-12-10-17/h2,4-5,9-12,14,16,20,23,29H,3,6-8,13,15H2,1H3,(H,32,33,35)/t20-,23+/m0/s1. The summed E-state index contributed by atoms with van der Waals surface area (Å²) in [6.45, 7) is 0.667. The van der Waals surface area contributed by atoms with Crippen LogP contribution in [-0.4, -0.2) is 51.3 Å². The van der Waals surface area contributed by atoms with E-state index in [4.69, 9.17) is 0 Å². The van der Waals surface area contributed by atoms with Crippen molar-refractivity contribution in [2.75, 3.05) is 18.9 Å². The normalized spacial score (nSPS) is 18.8. The molecule has 0 bridgehead atoms. The molecule has 1 aliphatic carbocycles. The molecule has 4 heterocycles. The zero-order valence-electron chi connectivity index (χ0n) is 21.0. The van der Waals surface area contributed by atoms with E-state index >= 15 is 0 Å². The summed E-state index contributed by atoms with van der Waals surface area (Å²) in [5, 5.41) is 9.61. The van der Waals surface area contributed by atoms with Crippen LogP contribution in [0.4, 0.5) is 5.13 Å². The molecule has 10 heteroatoms. The molecular formula is C28H28N6O2S2. The Morgan fingerprint density at radius 2 is 1.97 bits per heavy atom. The maximum absolute atomic E-state index is 13.4. The lowest BCUT2D eigenvalue weighted by Crippen LogP contribution is -2.31. The second kappa shape index (κ2) is 10.7. The van der Waals surface area contributed by atoms with Gasteiger partial charge in [0.05, 0.1) is 11.7 Å². The van der Waals surface area contributed by atoms with Crippen LogP contribution in [0.1, 0.15) is 62.3 Å². The summed E-state index contributed by atoms with van der Waals surface area (Å²) in [6.07, 6.45) is 8.14. The highest BCUT2D eigenvalue weighted by molar-refractivity contribution is 7.16. The summed E-state index contributed by atoms with van der Waals surface area (Å²) >= 11 is 3.02. The minimum absolute atomic E-state index is 0.0767. The van der Waals surface area contributed by atoms with Crippen molar-refractivity contribution in [2.24, 2.45) is 0 Å². The van der Waals surface area contributed by atoms with Crippen LogP contribution in [-0.2, 0) is 12.8 Å². The zero-order chi connectivity index (χ0) is 26.1. The fourth-order valence-corrected chi connectivity index (χ4v) is 7.12. The third-order valence-corrected chi connectivity index (χ3v) is 9.19. The molecule has 0 spiro atoms. The number of nitrogens with one attached hydrogen (secondary N) is 2. The summed E-state index contributed by atoms with van der Waals surface area (Å²) in [4.78, 5) is 43.0. The molecule has 1 saturated heterocycles. The summed E-state index contributed by atoms with van der Waals surface area (Å²) in [5.74, 6) is -0.257. The van der Waals surface area contributed by atoms with Crippen molar-refractivity contribution < 1.29 is 9.59 Å². The minimum Gasteiger partial charge on any atom is -0.330 e. The molecule has 4 aromatic rings. The van der Waals surface area contributed by atoms with Gasteiger partial charge >= 0.3 is 0 Å². The molecule has 2 amide bonds. The van der Waals surface area contributed by atoms with E-state index in [9.17, 15) is 9.59 Å². The van der Waals surface area contributed by atoms with E-state index in [2.05, 4.69) is 25.6 Å². The van der Waals surface area contributed by atoms with Crippen LogP contribution in [0.5, 0.6) is 0 Å². The fraction of sp³-hybridized carbons (Fsp3) is 0.321. The summed E-state index contributed by atoms with van der Waals surface area (Å²) in [5.41, 5.74) is 4.03. The molecule has 1 fully saturated rings. The van der Waals surface area contributed by atoms with Crippen LogP contribution in [0.15, 0.2) is 54.2 Å². The average Bonchev–Trinajstić information content (AvgIpc) is 3.72. The van der Waals surface area contributed by atoms with Crippen molar-refractivity contribution in [1.29, 1.82) is 0 Å². The predicted octanol–water partition coefficient (Wildman–Crippen LogP) is 4.97. The van der Waals surface area contributed by atoms with Gasteiger partial charge in [-0.2, -0.15) is 0 Å². The van der Waals surface area contributed by atoms with Crippen molar-refractivity contribution in [3.63, 3.8) is 0 Å². The summed E-state index contributed by atoms with van der Waals surface area (Å²) in [7, 11) is 1.99. The number of fused-ring (bicyclic) bond motifs is 1. The van der Waals surface area contributed by atoms with Crippen LogP contribution < -0.4 is 10.6 Å². The first-order valence-corrected chi connectivity index (χ1v) is 14.5. The van der Waals surface area contributed by atoms with E-state index in [0.29, 0.717) is 29.0 Å². The van der Waals surface area contributed by atoms with E-state index in [-0.39, 0.29) is 17.9 Å². The lowest BCUT2D eigenvalue weighted by atomic mass is 9.98. The Bertz CT molecular complexity index is 1470. The SMILES string of the molecule is CN[C@H]1CCc2nc(NC(=O)c3cccc([C@H]4CCCN4C(=O)c4csc(-c5ccncc5)n4)c3)sc2C1. The molecule has 194 valence electrons. The van der Waals surface area contributed by atoms with Gasteiger partial charge < -0.3 is 10.2 Å². The number of rotatable bonds is 6. The average molecular weight is 545 g/mol. The maximum atomic E-state index is 13.4. The number of carbonyl (C=O) groups excluding carboxylic acids is 2. The molecule has 2 atom stereocenters. The number of pyridine rings is 1. The number of carbonyl (C=O) groups is 2. The number of aromatic nitrogens is 3. The van der Waals surface area contributed by atoms with Crippen LogP contribution in [0.25, 0.3) is 10.6 Å². The fourth-order valence-electron chi connectivity index (χ4n) is 5.23. The Hall–Kier alpha value is -3.47. The minimum atomic E-state index is -0.180. The van der Waals surface area contributed by atoms with Crippen LogP contribution in [0, 0.1) is 0 Å². The number of thiazole rings is 2. The molecule has 0 radical (unpaired) electrons. The Morgan fingerprint density at radius 3 is 2.82 bits per heavy atom. The summed E-state index contributed by atoms with van der Waals surface area (Å²) < 4.78 is 0. The molecule has 2 N–H and O–H groups in total. The van der Waals surface area contributed by atoms with E-state index in [1.165, 1.54) is 16.2 Å². The lowest BCUT2D eigenvalue weighted by molar-refractivity contribution is 0.0730. The Kier molecular flexibility index (Phi) is 7.01. The van der Waals surface area contributed by atoms with Gasteiger partial charge in [-0.1, -0.05) is 12.1 Å². The van der Waals surface area contributed by atoms with E-state index in [1.807, 2.05) is 53.7 Å². The van der Waals surface area contributed by atoms with Gasteiger partial charge in [0.15, 0.2) is 5.13 Å². The number of hydrogen-bond donors (Lipinski definition) is 2. The highest BCUT2D eigenvalue weighted by Gasteiger charge is 2.32. The van der Waals surface area contributed by atoms with Crippen LogP contribution in [0.2, 0.25) is 0 Å². The molecule has 6 rings (SSSR count). The van der Waals surface area contributed by atoms with E-state index < -0.39 is 0 Å². The van der Waals surface area contributed by atoms with Gasteiger partial charge in [0, 0.05) is 46.4 Å². The van der Waals surface area contributed by atoms with Crippen molar-refractivity contribution in [1.82, 2.24) is 25.2 Å². The lowest BCUT2D eigenvalue weighted by Gasteiger charge is -2.24. The number of nitrogens with zero attached hydrogens (tertiary/aromatic N) is 4. The molecule has 0 unspecified atom stereocenters. The zero-order valence-corrected chi connectivity index (χ0v) is 22.6. The van der Waals surface area contributed by atoms with Gasteiger partial charge in [0.2, 0.25) is 0 Å². The molecule has 1 aliphatic heterocycles. The van der Waals surface area contributed by atoms with Gasteiger partial charge in [0.25, 0.3) is 11.8 Å². The molecule has 8 nitrogen and oxygen atoms in total. The van der Waals surface area contributed by atoms with Crippen molar-refractivity contribution in [3.8, 4) is 10.6 Å². The molecule has 1 aromatic carbocycles. The van der Waals surface area contributed by atoms with Gasteiger partial charge in [-0.15, -0.1) is 22.7 Å². The third-order valence-electron chi connectivity index (χ3n) is 7.27. The smallest absolute Gasteiger partial charge is 0.273 e. The number of hydrogen-bond acceptors (Lipinski definition) is 8. The van der Waals surface area contributed by atoms with Gasteiger partial charge in [-0.05, 0) is 69.0 Å². The van der Waals surface area contributed by atoms with Gasteiger partial charge in [-0.25, -0.2) is 9.97 Å². The Balaban J connectivity index is 1.17. The third kappa shape index (κ3) is 4.99. The molecule has 3 aromatic heterocycles. The van der Waals surface area contributed by atoms with Crippen LogP contribution in [0.3, 0.4) is 0 Å². The number of likely N-dealkylation sites (tertiary alicyclic amines) is 1. The van der Waals surface area contributed by atoms with E-state index in [1.54, 1.807) is 23.7 Å². The number of amides is 2. The molecular weight excluding hydrogens is 516 g/mol. The van der Waals surface area contributed by atoms with Crippen molar-refractivity contribution in [2.45, 2.75) is 44.2 Å². The number of anilines is 1. The van der Waals surface area contributed by atoms with E-state index in [0.717, 1.165) is 53.9 Å².